The van der Waals surface area contributed by atoms with Gasteiger partial charge in [0, 0.05) is 10.1 Å². The van der Waals surface area contributed by atoms with Crippen molar-refractivity contribution in [2.75, 3.05) is 0 Å². The third kappa shape index (κ3) is 3.14. The second kappa shape index (κ2) is 6.45. The Bertz CT molecular complexity index is 1080. The molecule has 0 atom stereocenters. The molecule has 4 nitrogen and oxygen atoms in total. The van der Waals surface area contributed by atoms with Gasteiger partial charge in [-0.1, -0.05) is 42.5 Å². The molecule has 0 bridgehead atoms. The number of pyridine rings is 1. The molecule has 0 spiro atoms. The summed E-state index contributed by atoms with van der Waals surface area (Å²) in [5.41, 5.74) is 4.95. The molecule has 2 aromatic carbocycles. The van der Waals surface area contributed by atoms with Crippen molar-refractivity contribution < 1.29 is 4.79 Å². The number of para-hydroxylation sites is 1. The minimum absolute atomic E-state index is 0.207. The second-order valence-electron chi connectivity index (χ2n) is 5.68. The topological polar surface area (TPSA) is 54.4 Å². The van der Waals surface area contributed by atoms with Gasteiger partial charge in [-0.2, -0.15) is 5.10 Å². The van der Waals surface area contributed by atoms with Gasteiger partial charge in [0.05, 0.1) is 21.8 Å². The van der Waals surface area contributed by atoms with Gasteiger partial charge in [0.1, 0.15) is 0 Å². The lowest BCUT2D eigenvalue weighted by molar-refractivity contribution is 0.0959. The molecule has 4 aromatic rings. The zero-order valence-electron chi connectivity index (χ0n) is 13.6. The van der Waals surface area contributed by atoms with Crippen molar-refractivity contribution in [3.63, 3.8) is 0 Å². The van der Waals surface area contributed by atoms with Gasteiger partial charge in [0.2, 0.25) is 0 Å². The molecule has 0 aliphatic carbocycles. The van der Waals surface area contributed by atoms with Crippen LogP contribution in [0.25, 0.3) is 21.0 Å². The first kappa shape index (κ1) is 15.5. The van der Waals surface area contributed by atoms with Crippen molar-refractivity contribution >= 4 is 43.9 Å². The summed E-state index contributed by atoms with van der Waals surface area (Å²) >= 11 is 1.46. The summed E-state index contributed by atoms with van der Waals surface area (Å²) in [6.07, 6.45) is 0. The van der Waals surface area contributed by atoms with E-state index >= 15 is 0 Å². The zero-order chi connectivity index (χ0) is 17.2. The molecule has 0 radical (unpaired) electrons. The number of fused-ring (bicyclic) bond motifs is 2. The summed E-state index contributed by atoms with van der Waals surface area (Å²) in [6.45, 7) is 1.84. The van der Waals surface area contributed by atoms with E-state index in [1.165, 1.54) is 11.3 Å². The molecule has 0 saturated carbocycles. The average Bonchev–Trinajstić information content (AvgIpc) is 3.09. The first-order valence-electron chi connectivity index (χ1n) is 7.90. The average molecular weight is 345 g/mol. The number of amides is 1. The number of hydrogen-bond donors (Lipinski definition) is 1. The molecule has 122 valence electrons. The van der Waals surface area contributed by atoms with Gasteiger partial charge in [-0.15, -0.1) is 11.3 Å². The van der Waals surface area contributed by atoms with Crippen LogP contribution in [-0.2, 0) is 0 Å². The molecule has 0 unspecified atom stereocenters. The van der Waals surface area contributed by atoms with E-state index in [-0.39, 0.29) is 5.91 Å². The molecule has 0 aliphatic heterocycles. The number of nitrogens with one attached hydrogen (secondary N) is 1. The van der Waals surface area contributed by atoms with E-state index < -0.39 is 0 Å². The number of thiophene rings is 1. The SMILES string of the molecule is C/C(=N\NC(=O)c1cc2ccccc2s1)c1ccc2ccccc2n1. The summed E-state index contributed by atoms with van der Waals surface area (Å²) in [6, 6.07) is 21.6. The van der Waals surface area contributed by atoms with Crippen LogP contribution in [0.5, 0.6) is 0 Å². The van der Waals surface area contributed by atoms with Crippen LogP contribution in [0.4, 0.5) is 0 Å². The standard InChI is InChI=1S/C20H15N3OS/c1-13(16-11-10-14-6-2-4-8-17(14)21-16)22-23-20(24)19-12-15-7-3-5-9-18(15)25-19/h2-12H,1H3,(H,23,24)/b22-13+. The molecular weight excluding hydrogens is 330 g/mol. The minimum Gasteiger partial charge on any atom is -0.266 e. The highest BCUT2D eigenvalue weighted by Crippen LogP contribution is 2.25. The van der Waals surface area contributed by atoms with E-state index in [1.54, 1.807) is 0 Å². The van der Waals surface area contributed by atoms with Gasteiger partial charge in [-0.3, -0.25) is 4.79 Å². The van der Waals surface area contributed by atoms with E-state index in [0.717, 1.165) is 26.7 Å². The summed E-state index contributed by atoms with van der Waals surface area (Å²) < 4.78 is 1.09. The third-order valence-electron chi connectivity index (χ3n) is 3.94. The Morgan fingerprint density at radius 2 is 1.76 bits per heavy atom. The van der Waals surface area contributed by atoms with Gasteiger partial charge in [0.15, 0.2) is 0 Å². The molecule has 1 N–H and O–H groups in total. The first-order valence-corrected chi connectivity index (χ1v) is 8.72. The fourth-order valence-electron chi connectivity index (χ4n) is 2.61. The van der Waals surface area contributed by atoms with Crippen LogP contribution in [0, 0.1) is 0 Å². The maximum absolute atomic E-state index is 12.3. The summed E-state index contributed by atoms with van der Waals surface area (Å²) in [4.78, 5) is 17.6. The third-order valence-corrected chi connectivity index (χ3v) is 5.06. The summed E-state index contributed by atoms with van der Waals surface area (Å²) in [5.74, 6) is -0.207. The van der Waals surface area contributed by atoms with Crippen molar-refractivity contribution in [2.45, 2.75) is 6.92 Å². The molecule has 5 heteroatoms. The Morgan fingerprint density at radius 1 is 1.00 bits per heavy atom. The molecule has 2 aromatic heterocycles. The molecule has 25 heavy (non-hydrogen) atoms. The highest BCUT2D eigenvalue weighted by molar-refractivity contribution is 7.20. The second-order valence-corrected chi connectivity index (χ2v) is 6.76. The van der Waals surface area contributed by atoms with Gasteiger partial charge < -0.3 is 0 Å². The number of hydrogen-bond acceptors (Lipinski definition) is 4. The molecule has 2 heterocycles. The van der Waals surface area contributed by atoms with Crippen LogP contribution >= 0.6 is 11.3 Å². The number of carbonyl (C=O) groups is 1. The Balaban J connectivity index is 1.55. The number of carbonyl (C=O) groups excluding carboxylic acids is 1. The Morgan fingerprint density at radius 3 is 2.60 bits per heavy atom. The predicted octanol–water partition coefficient (Wildman–Crippen LogP) is 4.60. The van der Waals surface area contributed by atoms with Gasteiger partial charge in [0.25, 0.3) is 5.91 Å². The Hall–Kier alpha value is -3.05. The lowest BCUT2D eigenvalue weighted by Gasteiger charge is -2.03. The molecule has 4 rings (SSSR count). The van der Waals surface area contributed by atoms with Gasteiger partial charge in [-0.25, -0.2) is 10.4 Å². The van der Waals surface area contributed by atoms with E-state index in [4.69, 9.17) is 0 Å². The number of rotatable bonds is 3. The van der Waals surface area contributed by atoms with Crippen molar-refractivity contribution in [3.05, 3.63) is 77.3 Å². The van der Waals surface area contributed by atoms with Crippen molar-refractivity contribution in [1.29, 1.82) is 0 Å². The molecule has 1 amide bonds. The minimum atomic E-state index is -0.207. The van der Waals surface area contributed by atoms with E-state index in [0.29, 0.717) is 10.6 Å². The Labute approximate surface area is 148 Å². The lowest BCUT2D eigenvalue weighted by Crippen LogP contribution is -2.18. The smallest absolute Gasteiger partial charge is 0.266 e. The van der Waals surface area contributed by atoms with Gasteiger partial charge >= 0.3 is 0 Å². The fourth-order valence-corrected chi connectivity index (χ4v) is 3.56. The van der Waals surface area contributed by atoms with E-state index in [2.05, 4.69) is 15.5 Å². The monoisotopic (exact) mass is 345 g/mol. The number of benzene rings is 2. The normalized spacial score (nSPS) is 11.8. The first-order chi connectivity index (χ1) is 12.2. The van der Waals surface area contributed by atoms with Crippen LogP contribution < -0.4 is 5.43 Å². The van der Waals surface area contributed by atoms with Crippen LogP contribution in [0.2, 0.25) is 0 Å². The van der Waals surface area contributed by atoms with Crippen LogP contribution in [-0.4, -0.2) is 16.6 Å². The highest BCUT2D eigenvalue weighted by Gasteiger charge is 2.10. The predicted molar refractivity (Wildman–Crippen MR) is 103 cm³/mol. The van der Waals surface area contributed by atoms with E-state index in [9.17, 15) is 4.79 Å². The maximum Gasteiger partial charge on any atom is 0.281 e. The fraction of sp³-hybridized carbons (Fsp3) is 0.0500. The summed E-state index contributed by atoms with van der Waals surface area (Å²) in [7, 11) is 0. The number of hydrazone groups is 1. The quantitative estimate of drug-likeness (QED) is 0.436. The van der Waals surface area contributed by atoms with Crippen molar-refractivity contribution in [2.24, 2.45) is 5.10 Å². The summed E-state index contributed by atoms with van der Waals surface area (Å²) in [5, 5.41) is 6.35. The zero-order valence-corrected chi connectivity index (χ0v) is 14.4. The Kier molecular flexibility index (Phi) is 3.99. The lowest BCUT2D eigenvalue weighted by atomic mass is 10.2. The molecular formula is C20H15N3OS. The largest absolute Gasteiger partial charge is 0.281 e. The molecule has 0 saturated heterocycles. The maximum atomic E-state index is 12.3. The van der Waals surface area contributed by atoms with Crippen molar-refractivity contribution in [1.82, 2.24) is 10.4 Å². The van der Waals surface area contributed by atoms with E-state index in [1.807, 2.05) is 73.7 Å². The van der Waals surface area contributed by atoms with Crippen LogP contribution in [0.1, 0.15) is 22.3 Å². The van der Waals surface area contributed by atoms with Gasteiger partial charge in [-0.05, 0) is 36.6 Å². The van der Waals surface area contributed by atoms with Crippen LogP contribution in [0.3, 0.4) is 0 Å². The molecule has 0 fully saturated rings. The number of nitrogens with zero attached hydrogens (tertiary/aromatic N) is 2. The van der Waals surface area contributed by atoms with Crippen molar-refractivity contribution in [3.8, 4) is 0 Å². The highest BCUT2D eigenvalue weighted by atomic mass is 32.1. The van der Waals surface area contributed by atoms with Crippen LogP contribution in [0.15, 0.2) is 71.8 Å². The molecule has 0 aliphatic rings. The number of aromatic nitrogens is 1.